The van der Waals surface area contributed by atoms with E-state index >= 15 is 0 Å². The molecule has 0 aliphatic rings. The number of aromatic nitrogens is 4. The first-order valence-electron chi connectivity index (χ1n) is 6.27. The maximum atomic E-state index is 12.7. The van der Waals surface area contributed by atoms with Crippen LogP contribution in [-0.4, -0.2) is 25.3 Å². The predicted octanol–water partition coefficient (Wildman–Crippen LogP) is 2.98. The molecule has 0 fully saturated rings. The molecule has 102 valence electrons. The third-order valence-electron chi connectivity index (χ3n) is 2.89. The quantitative estimate of drug-likeness (QED) is 0.812. The topological polar surface area (TPSA) is 52.7 Å². The fourth-order valence-electron chi connectivity index (χ4n) is 2.04. The number of hydrogen-bond acceptors (Lipinski definition) is 3. The summed E-state index contributed by atoms with van der Waals surface area (Å²) in [5.74, 6) is -0.0551. The minimum atomic E-state index is -0.0551. The van der Waals surface area contributed by atoms with Gasteiger partial charge in [-0.1, -0.05) is 0 Å². The van der Waals surface area contributed by atoms with Gasteiger partial charge < -0.3 is 0 Å². The lowest BCUT2D eigenvalue weighted by Gasteiger charge is -2.11. The number of carbonyl (C=O) groups excluding carboxylic acids is 1. The highest BCUT2D eigenvalue weighted by atomic mass is 79.9. The van der Waals surface area contributed by atoms with Crippen molar-refractivity contribution in [3.63, 3.8) is 0 Å². The molecule has 0 saturated heterocycles. The first-order chi connectivity index (χ1) is 8.95. The minimum Gasteiger partial charge on any atom is -0.285 e. The van der Waals surface area contributed by atoms with Gasteiger partial charge in [-0.25, -0.2) is 0 Å². The van der Waals surface area contributed by atoms with Crippen LogP contribution in [0, 0.1) is 6.92 Å². The molecule has 0 spiro atoms. The van der Waals surface area contributed by atoms with Crippen LogP contribution in [0.4, 0.5) is 0 Å². The highest BCUT2D eigenvalue weighted by molar-refractivity contribution is 9.10. The summed E-state index contributed by atoms with van der Waals surface area (Å²) in [6.45, 7) is 8.52. The summed E-state index contributed by atoms with van der Waals surface area (Å²) >= 11 is 3.40. The van der Waals surface area contributed by atoms with E-state index in [4.69, 9.17) is 0 Å². The first-order valence-corrected chi connectivity index (χ1v) is 7.07. The van der Waals surface area contributed by atoms with Gasteiger partial charge in [0.2, 0.25) is 5.78 Å². The smallest absolute Gasteiger partial charge is 0.230 e. The van der Waals surface area contributed by atoms with E-state index in [2.05, 4.69) is 26.1 Å². The lowest BCUT2D eigenvalue weighted by atomic mass is 10.2. The Bertz CT molecular complexity index is 612. The summed E-state index contributed by atoms with van der Waals surface area (Å²) in [5.41, 5.74) is 2.02. The van der Waals surface area contributed by atoms with Gasteiger partial charge in [0, 0.05) is 12.6 Å². The van der Waals surface area contributed by atoms with Crippen molar-refractivity contribution >= 4 is 21.7 Å². The van der Waals surface area contributed by atoms with Gasteiger partial charge in [-0.2, -0.15) is 10.2 Å². The highest BCUT2D eigenvalue weighted by Crippen LogP contribution is 2.23. The molecule has 0 atom stereocenters. The number of carbonyl (C=O) groups is 1. The summed E-state index contributed by atoms with van der Waals surface area (Å²) in [5, 5.41) is 8.56. The van der Waals surface area contributed by atoms with Crippen LogP contribution < -0.4 is 0 Å². The lowest BCUT2D eigenvalue weighted by molar-refractivity contribution is 0.101. The van der Waals surface area contributed by atoms with Crippen LogP contribution in [0.25, 0.3) is 0 Å². The Balaban J connectivity index is 2.52. The molecule has 0 unspecified atom stereocenters. The molecule has 6 heteroatoms. The van der Waals surface area contributed by atoms with E-state index in [1.54, 1.807) is 15.6 Å². The standard InChI is InChI=1S/C13H17BrN4O/c1-5-17-11(6-9(4)16-17)13(19)12-10(14)7-15-18(12)8(2)3/h6-8H,5H2,1-4H3. The number of aryl methyl sites for hydroxylation is 2. The average Bonchev–Trinajstić information content (AvgIpc) is 2.91. The molecule has 0 amide bonds. The van der Waals surface area contributed by atoms with Crippen molar-refractivity contribution in [2.75, 3.05) is 0 Å². The number of nitrogens with zero attached hydrogens (tertiary/aromatic N) is 4. The second-order valence-corrected chi connectivity index (χ2v) is 5.55. The normalized spacial score (nSPS) is 11.3. The van der Waals surface area contributed by atoms with Crippen molar-refractivity contribution in [2.45, 2.75) is 40.3 Å². The number of rotatable bonds is 4. The van der Waals surface area contributed by atoms with Crippen LogP contribution in [0.3, 0.4) is 0 Å². The molecule has 0 N–H and O–H groups in total. The Hall–Kier alpha value is -1.43. The minimum absolute atomic E-state index is 0.0551. The fourth-order valence-corrected chi connectivity index (χ4v) is 2.49. The van der Waals surface area contributed by atoms with Gasteiger partial charge in [-0.3, -0.25) is 14.2 Å². The molecule has 2 rings (SSSR count). The van der Waals surface area contributed by atoms with Crippen molar-refractivity contribution in [3.05, 3.63) is 33.8 Å². The largest absolute Gasteiger partial charge is 0.285 e. The van der Waals surface area contributed by atoms with Crippen LogP contribution >= 0.6 is 15.9 Å². The van der Waals surface area contributed by atoms with Gasteiger partial charge >= 0.3 is 0 Å². The average molecular weight is 325 g/mol. The second-order valence-electron chi connectivity index (χ2n) is 4.70. The van der Waals surface area contributed by atoms with Gasteiger partial charge in [0.25, 0.3) is 0 Å². The van der Waals surface area contributed by atoms with E-state index in [1.807, 2.05) is 33.8 Å². The Morgan fingerprint density at radius 2 is 2.16 bits per heavy atom. The van der Waals surface area contributed by atoms with Gasteiger partial charge in [-0.05, 0) is 49.7 Å². The van der Waals surface area contributed by atoms with E-state index in [0.717, 1.165) is 5.69 Å². The van der Waals surface area contributed by atoms with Gasteiger partial charge in [0.15, 0.2) is 0 Å². The summed E-state index contributed by atoms with van der Waals surface area (Å²) in [6.07, 6.45) is 1.66. The molecule has 2 heterocycles. The number of ketones is 1. The number of halogens is 1. The predicted molar refractivity (Wildman–Crippen MR) is 76.4 cm³/mol. The van der Waals surface area contributed by atoms with E-state index in [9.17, 15) is 4.79 Å². The van der Waals surface area contributed by atoms with Crippen molar-refractivity contribution in [3.8, 4) is 0 Å². The molecule has 0 radical (unpaired) electrons. The summed E-state index contributed by atoms with van der Waals surface area (Å²) in [6, 6.07) is 1.94. The van der Waals surface area contributed by atoms with Gasteiger partial charge in [0.05, 0.1) is 16.4 Å². The number of hydrogen-bond donors (Lipinski definition) is 0. The third kappa shape index (κ3) is 2.49. The molecular formula is C13H17BrN4O. The molecule has 2 aromatic heterocycles. The van der Waals surface area contributed by atoms with Crippen molar-refractivity contribution in [1.82, 2.24) is 19.6 Å². The van der Waals surface area contributed by atoms with E-state index in [-0.39, 0.29) is 11.8 Å². The zero-order chi connectivity index (χ0) is 14.2. The Morgan fingerprint density at radius 3 is 2.74 bits per heavy atom. The van der Waals surface area contributed by atoms with E-state index in [0.29, 0.717) is 22.4 Å². The Kier molecular flexibility index (Phi) is 3.89. The summed E-state index contributed by atoms with van der Waals surface area (Å²) in [4.78, 5) is 12.7. The molecule has 0 aliphatic carbocycles. The zero-order valence-corrected chi connectivity index (χ0v) is 13.1. The Labute approximate surface area is 120 Å². The van der Waals surface area contributed by atoms with Crippen LogP contribution in [0.5, 0.6) is 0 Å². The summed E-state index contributed by atoms with van der Waals surface area (Å²) < 4.78 is 4.17. The maximum Gasteiger partial charge on any atom is 0.230 e. The SMILES string of the molecule is CCn1nc(C)cc1C(=O)c1c(Br)cnn1C(C)C. The molecule has 5 nitrogen and oxygen atoms in total. The van der Waals surface area contributed by atoms with Gasteiger partial charge in [0.1, 0.15) is 11.4 Å². The molecule has 0 saturated carbocycles. The summed E-state index contributed by atoms with van der Waals surface area (Å²) in [7, 11) is 0. The van der Waals surface area contributed by atoms with E-state index in [1.165, 1.54) is 0 Å². The van der Waals surface area contributed by atoms with Crippen LogP contribution in [-0.2, 0) is 6.54 Å². The maximum absolute atomic E-state index is 12.7. The monoisotopic (exact) mass is 324 g/mol. The van der Waals surface area contributed by atoms with Gasteiger partial charge in [-0.15, -0.1) is 0 Å². The molecule has 0 aromatic carbocycles. The first kappa shape index (κ1) is 14.0. The van der Waals surface area contributed by atoms with Crippen LogP contribution in [0.1, 0.15) is 48.7 Å². The fraction of sp³-hybridized carbons (Fsp3) is 0.462. The Morgan fingerprint density at radius 1 is 1.47 bits per heavy atom. The van der Waals surface area contributed by atoms with Crippen LogP contribution in [0.15, 0.2) is 16.7 Å². The highest BCUT2D eigenvalue weighted by Gasteiger charge is 2.23. The zero-order valence-electron chi connectivity index (χ0n) is 11.5. The molecule has 0 aliphatic heterocycles. The molecule has 19 heavy (non-hydrogen) atoms. The molecule has 2 aromatic rings. The molecular weight excluding hydrogens is 308 g/mol. The van der Waals surface area contributed by atoms with Crippen molar-refractivity contribution in [1.29, 1.82) is 0 Å². The van der Waals surface area contributed by atoms with Crippen molar-refractivity contribution < 1.29 is 4.79 Å². The van der Waals surface area contributed by atoms with Crippen molar-refractivity contribution in [2.24, 2.45) is 0 Å². The third-order valence-corrected chi connectivity index (χ3v) is 3.47. The van der Waals surface area contributed by atoms with Crippen LogP contribution in [0.2, 0.25) is 0 Å². The molecule has 0 bridgehead atoms. The second kappa shape index (κ2) is 5.28. The lowest BCUT2D eigenvalue weighted by Crippen LogP contribution is -2.17. The van der Waals surface area contributed by atoms with E-state index < -0.39 is 0 Å².